The standard InChI is InChI=1S/C88H131N11O38S5/c89-61(106)19-24-93-80(124)52(10-4-8-23-94-88(138)95-44-13-16-47(50(33-44)83(127)128)66-48-17-14-45(104)34-55(48)133-56-35-46(105)15-18-49(56)66)98-82(126)54(99-81(125)53(97-65(110)43-142-32-28-132-87-78(122)74(118)70(114)60(39-103)137-87)11-2-6-21-91-63(108)41-140-30-26-130-85-76(120)72(116)68(112)58(37-101)135-85)12-3-7-22-92-79(123)51(96-64(109)42-141-31-27-131-86-77(121)73(117)69(113)59(38-102)136-86)9-1-5-20-90-62(107)40-139-29-25-129-84-75(119)71(115)67(111)57(36-100)134-84/h13-18,33-35,51-54,57-60,67-78,84-87,100-104,111-122H,1-12,19-32,36-43H2,(H2,89,106)(H,90,107)(H,91,108)(H,92,123)(H,93,124)(H,96,109)(H,97,110)(H,98,126)(H,99,125)(H,127,128)(H2,94,95,138)/t51-,52-,53-,54-,57+,58+,59+,60+,67-,68-,69-,70-,71-,72-,73-,74-,75+,76+,77+,78+,84-,85-,86-,87-/m0/s1. The topological polar surface area (TPSA) is 785 Å². The first-order valence-electron chi connectivity index (χ1n) is 46.2. The number of unbranched alkanes of at least 4 members (excludes halogenated alkanes) is 4. The Labute approximate surface area is 837 Å². The first kappa shape index (κ1) is 119. The van der Waals surface area contributed by atoms with Crippen molar-refractivity contribution in [3.05, 3.63) is 70.4 Å². The van der Waals surface area contributed by atoms with Crippen LogP contribution in [0.15, 0.2) is 63.8 Å². The first-order valence-corrected chi connectivity index (χ1v) is 51.2. The average molecular weight is 2110 g/mol. The number of hydrogen-bond acceptors (Lipinski definition) is 42. The molecule has 4 saturated heterocycles. The molecule has 4 fully saturated rings. The molecule has 0 aromatic heterocycles. The number of fused-ring (bicyclic) bond motifs is 2. The fraction of sp³-hybridized carbons (Fsp3) is 0.659. The van der Waals surface area contributed by atoms with Crippen molar-refractivity contribution in [3.8, 4) is 28.2 Å². The van der Waals surface area contributed by atoms with Gasteiger partial charge in [0, 0.05) is 96.5 Å². The van der Waals surface area contributed by atoms with Crippen LogP contribution < -0.4 is 64.3 Å². The van der Waals surface area contributed by atoms with E-state index in [1.807, 2.05) is 0 Å². The zero-order valence-corrected chi connectivity index (χ0v) is 81.5. The Morgan fingerprint density at radius 1 is 0.401 bits per heavy atom. The fourth-order valence-corrected chi connectivity index (χ4v) is 18.0. The minimum absolute atomic E-state index is 0.0219. The van der Waals surface area contributed by atoms with E-state index in [-0.39, 0.29) is 233 Å². The summed E-state index contributed by atoms with van der Waals surface area (Å²) in [6.07, 6.45) is -29.9. The van der Waals surface area contributed by atoms with E-state index in [4.69, 9.17) is 60.3 Å². The summed E-state index contributed by atoms with van der Waals surface area (Å²) in [6, 6.07) is 7.23. The van der Waals surface area contributed by atoms with E-state index in [2.05, 4.69) is 53.2 Å². The number of anilines is 1. The monoisotopic (exact) mass is 2110 g/mol. The Morgan fingerprint density at radius 2 is 0.761 bits per heavy atom. The molecule has 54 heteroatoms. The number of nitrogens with two attached hydrogens (primary N) is 1. The minimum atomic E-state index is -1.74. The molecule has 49 nitrogen and oxygen atoms in total. The second kappa shape index (κ2) is 62.0. The smallest absolute Gasteiger partial charge is 0.336 e. The number of amides is 9. The number of aliphatic hydroxyl groups is 16. The second-order valence-electron chi connectivity index (χ2n) is 33.6. The maximum absolute atomic E-state index is 15.1. The number of aromatic carboxylic acids is 1. The van der Waals surface area contributed by atoms with Crippen LogP contribution in [0.25, 0.3) is 33.4 Å². The predicted octanol–water partition coefficient (Wildman–Crippen LogP) is -7.59. The van der Waals surface area contributed by atoms with Crippen molar-refractivity contribution in [2.24, 2.45) is 5.73 Å². The van der Waals surface area contributed by atoms with Gasteiger partial charge in [-0.3, -0.25) is 47.9 Å². The number of primary amides is 1. The van der Waals surface area contributed by atoms with Crippen LogP contribution in [0.1, 0.15) is 93.8 Å². The Hall–Kier alpha value is -8.24. The molecule has 2 aromatic carbocycles. The number of ether oxygens (including phenoxy) is 8. The molecule has 1 aliphatic carbocycles. The van der Waals surface area contributed by atoms with Gasteiger partial charge in [0.1, 0.15) is 139 Å². The molecule has 0 unspecified atom stereocenters. The summed E-state index contributed by atoms with van der Waals surface area (Å²) in [5.41, 5.74) is 6.35. The van der Waals surface area contributed by atoms with Gasteiger partial charge in [-0.05, 0) is 131 Å². The molecular weight excluding hydrogens is 1980 g/mol. The van der Waals surface area contributed by atoms with Gasteiger partial charge in [-0.1, -0.05) is 6.07 Å². The molecule has 5 aliphatic heterocycles. The van der Waals surface area contributed by atoms with Gasteiger partial charge < -0.3 is 193 Å². The van der Waals surface area contributed by atoms with Crippen LogP contribution in [0.3, 0.4) is 0 Å². The van der Waals surface area contributed by atoms with E-state index < -0.39 is 227 Å². The molecule has 0 saturated carbocycles. The lowest BCUT2D eigenvalue weighted by atomic mass is 9.90. The predicted molar refractivity (Wildman–Crippen MR) is 515 cm³/mol. The number of aromatic hydroxyl groups is 1. The third-order valence-electron chi connectivity index (χ3n) is 23.0. The molecule has 24 atom stereocenters. The van der Waals surface area contributed by atoms with Crippen LogP contribution in [-0.2, 0) is 81.0 Å². The molecule has 0 radical (unpaired) electrons. The van der Waals surface area contributed by atoms with Crippen LogP contribution in [-0.4, -0.2) is 435 Å². The molecule has 6 aliphatic rings. The first-order chi connectivity index (χ1) is 68.0. The minimum Gasteiger partial charge on any atom is -0.508 e. The summed E-state index contributed by atoms with van der Waals surface area (Å²) >= 11 is 9.96. The Kier molecular flexibility index (Phi) is 52.0. The molecule has 2 aromatic rings. The normalized spacial score (nSPS) is 25.3. The van der Waals surface area contributed by atoms with Gasteiger partial charge in [-0.2, -0.15) is 0 Å². The number of carbonyl (C=O) groups excluding carboxylic acids is 9. The number of carboxylic acids is 1. The van der Waals surface area contributed by atoms with E-state index in [1.165, 1.54) is 36.4 Å². The zero-order valence-electron chi connectivity index (χ0n) is 77.4. The number of nitrogens with one attached hydrogen (secondary N) is 10. The van der Waals surface area contributed by atoms with Crippen molar-refractivity contribution in [1.29, 1.82) is 0 Å². The van der Waals surface area contributed by atoms with Gasteiger partial charge in [-0.25, -0.2) is 4.79 Å². The summed E-state index contributed by atoms with van der Waals surface area (Å²) in [7, 11) is 0. The lowest BCUT2D eigenvalue weighted by Crippen LogP contribution is -2.59. The number of thiocarbonyl (C=S) groups is 1. The van der Waals surface area contributed by atoms with E-state index in [0.717, 1.165) is 47.0 Å². The third-order valence-corrected chi connectivity index (χ3v) is 26.9. The van der Waals surface area contributed by atoms with Gasteiger partial charge in [0.15, 0.2) is 35.7 Å². The van der Waals surface area contributed by atoms with Crippen LogP contribution in [0, 0.1) is 0 Å². The summed E-state index contributed by atoms with van der Waals surface area (Å²) in [6.45, 7) is -3.34. The van der Waals surface area contributed by atoms with Gasteiger partial charge in [0.05, 0.1) is 81.4 Å². The lowest BCUT2D eigenvalue weighted by molar-refractivity contribution is -0.299. The van der Waals surface area contributed by atoms with Crippen molar-refractivity contribution in [1.82, 2.24) is 47.9 Å². The molecule has 0 bridgehead atoms. The van der Waals surface area contributed by atoms with Crippen molar-refractivity contribution in [2.75, 3.05) is 137 Å². The fourth-order valence-electron chi connectivity index (χ4n) is 15.2. The number of benzene rings is 3. The van der Waals surface area contributed by atoms with Crippen LogP contribution in [0.2, 0.25) is 0 Å². The zero-order chi connectivity index (χ0) is 104. The van der Waals surface area contributed by atoms with E-state index in [1.54, 1.807) is 18.2 Å². The van der Waals surface area contributed by atoms with Crippen molar-refractivity contribution >= 4 is 140 Å². The maximum Gasteiger partial charge on any atom is 0.336 e. The third kappa shape index (κ3) is 37.6. The van der Waals surface area contributed by atoms with E-state index in [9.17, 15) is 140 Å². The SMILES string of the molecule is NC(=O)CCNC(=O)[C@H](CCCCNC(=S)Nc1ccc(-c2c3ccc(=O)cc-3oc3cc(O)ccc23)c(C(=O)O)c1)NC(=O)[C@H](CCCCNC(=O)[C@H](CCCCNC(=O)CSCCO[C@H]1O[C@H](CO)[C@H](O)[C@H](O)[C@H]1O)NC(=O)CSCCO[C@H]1O[C@H](CO)[C@H](O)[C@H](O)[C@H]1O)NC(=O)[C@H](CCCCNC(=O)CSCCO[C@H]1O[C@H](CO)[C@H](O)[C@H](O)[C@H]1O)NC(=O)CSCCO[C@H]1O[C@H](CO)[C@H](O)[C@H](O)[C@H]1O. The molecule has 796 valence electrons. The largest absolute Gasteiger partial charge is 0.508 e. The summed E-state index contributed by atoms with van der Waals surface area (Å²) < 4.78 is 49.6. The number of rotatable bonds is 62. The molecule has 9 amide bonds. The van der Waals surface area contributed by atoms with Crippen LogP contribution >= 0.6 is 59.3 Å². The van der Waals surface area contributed by atoms with E-state index in [0.29, 0.717) is 22.9 Å². The number of carbonyl (C=O) groups is 10. The highest BCUT2D eigenvalue weighted by molar-refractivity contribution is 8.00. The Balaban J connectivity index is 0.953. The lowest BCUT2D eigenvalue weighted by Gasteiger charge is -2.39. The van der Waals surface area contributed by atoms with E-state index >= 15 is 4.79 Å². The highest BCUT2D eigenvalue weighted by Gasteiger charge is 2.48. The number of thioether (sulfide) groups is 4. The maximum atomic E-state index is 15.1. The molecule has 30 N–H and O–H groups in total. The summed E-state index contributed by atoms with van der Waals surface area (Å²) in [5.74, 6) is -7.66. The molecule has 0 spiro atoms. The van der Waals surface area contributed by atoms with Gasteiger partial charge in [0.2, 0.25) is 53.2 Å². The number of carboxylic acid groups (broad SMARTS) is 1. The number of aliphatic hydroxyl groups excluding tert-OH is 16. The summed E-state index contributed by atoms with van der Waals surface area (Å²) in [5, 5.41) is 211. The molecule has 5 heterocycles. The Morgan fingerprint density at radius 3 is 1.15 bits per heavy atom. The Bertz CT molecular complexity index is 4700. The second-order valence-corrected chi connectivity index (χ2v) is 38.4. The van der Waals surface area contributed by atoms with Gasteiger partial charge in [0.25, 0.3) is 0 Å². The van der Waals surface area contributed by atoms with Crippen molar-refractivity contribution < 1.29 is 182 Å². The van der Waals surface area contributed by atoms with Gasteiger partial charge in [-0.15, -0.1) is 47.0 Å². The molecule has 8 rings (SSSR count). The highest BCUT2D eigenvalue weighted by atomic mass is 32.2. The van der Waals surface area contributed by atoms with Crippen LogP contribution in [0.5, 0.6) is 5.75 Å². The van der Waals surface area contributed by atoms with Gasteiger partial charge >= 0.3 is 5.97 Å². The highest BCUT2D eigenvalue weighted by Crippen LogP contribution is 2.43. The van der Waals surface area contributed by atoms with Crippen LogP contribution in [0.4, 0.5) is 5.69 Å². The van der Waals surface area contributed by atoms with Crippen molar-refractivity contribution in [3.63, 3.8) is 0 Å². The molecular formula is C88H131N11O38S5. The number of hydrogen-bond donors (Lipinski definition) is 29. The summed E-state index contributed by atoms with van der Waals surface area (Å²) in [4.78, 5) is 150. The quantitative estimate of drug-likeness (QED) is 0.0111. The van der Waals surface area contributed by atoms with Crippen molar-refractivity contribution in [2.45, 2.75) is 230 Å². The number of phenolic OH excluding ortho intramolecular Hbond substituents is 1. The number of phenols is 1. The average Bonchev–Trinajstić information content (AvgIpc) is 0.744. The molecule has 142 heavy (non-hydrogen) atoms.